The van der Waals surface area contributed by atoms with Crippen molar-refractivity contribution in [2.24, 2.45) is 0 Å². The molecule has 1 fully saturated rings. The van der Waals surface area contributed by atoms with Crippen molar-refractivity contribution in [3.05, 3.63) is 59.2 Å². The first-order valence-corrected chi connectivity index (χ1v) is 11.3. The summed E-state index contributed by atoms with van der Waals surface area (Å²) in [5, 5.41) is 2.87. The lowest BCUT2D eigenvalue weighted by Gasteiger charge is -2.32. The van der Waals surface area contributed by atoms with Gasteiger partial charge in [0.15, 0.2) is 0 Å². The van der Waals surface area contributed by atoms with E-state index in [2.05, 4.69) is 5.32 Å². The Balaban J connectivity index is 1.78. The number of ether oxygens (including phenoxy) is 1. The zero-order valence-electron chi connectivity index (χ0n) is 17.1. The molecule has 1 N–H and O–H groups in total. The smallest absolute Gasteiger partial charge is 0.251 e. The number of nitrogens with one attached hydrogen (secondary N) is 1. The van der Waals surface area contributed by atoms with Gasteiger partial charge in [0, 0.05) is 24.7 Å². The van der Waals surface area contributed by atoms with Gasteiger partial charge in [0.25, 0.3) is 5.91 Å². The average Bonchev–Trinajstić information content (AvgIpc) is 2.72. The molecule has 1 heterocycles. The number of hydrogen-bond donors (Lipinski definition) is 1. The monoisotopic (exact) mass is 416 g/mol. The van der Waals surface area contributed by atoms with E-state index >= 15 is 0 Å². The SMILES string of the molecule is COc1ccc(CNC(=O)c2cc(S(=O)(=O)N3CCCCC3C)ccc2C)cc1. The summed E-state index contributed by atoms with van der Waals surface area (Å²) in [7, 11) is -2.02. The molecular weight excluding hydrogens is 388 g/mol. The van der Waals surface area contributed by atoms with Crippen LogP contribution < -0.4 is 10.1 Å². The molecule has 1 unspecified atom stereocenters. The maximum Gasteiger partial charge on any atom is 0.251 e. The summed E-state index contributed by atoms with van der Waals surface area (Å²) in [5.41, 5.74) is 2.05. The molecule has 2 aromatic rings. The van der Waals surface area contributed by atoms with Crippen molar-refractivity contribution >= 4 is 15.9 Å². The summed E-state index contributed by atoms with van der Waals surface area (Å²) >= 11 is 0. The third kappa shape index (κ3) is 4.79. The molecule has 0 aliphatic carbocycles. The van der Waals surface area contributed by atoms with Crippen LogP contribution in [0.1, 0.15) is 47.7 Å². The molecule has 1 aliphatic rings. The molecule has 156 valence electrons. The van der Waals surface area contributed by atoms with Crippen LogP contribution in [0.5, 0.6) is 5.75 Å². The summed E-state index contributed by atoms with van der Waals surface area (Å²) in [4.78, 5) is 12.9. The zero-order chi connectivity index (χ0) is 21.0. The van der Waals surface area contributed by atoms with E-state index in [0.717, 1.165) is 36.1 Å². The van der Waals surface area contributed by atoms with Crippen LogP contribution in [0.4, 0.5) is 0 Å². The molecule has 2 aromatic carbocycles. The first-order chi connectivity index (χ1) is 13.8. The van der Waals surface area contributed by atoms with Crippen LogP contribution >= 0.6 is 0 Å². The summed E-state index contributed by atoms with van der Waals surface area (Å²) in [5.74, 6) is 0.461. The van der Waals surface area contributed by atoms with Crippen molar-refractivity contribution in [3.8, 4) is 5.75 Å². The standard InChI is InChI=1S/C22H28N2O4S/c1-16-7-12-20(29(26,27)24-13-5-4-6-17(24)2)14-21(16)22(25)23-15-18-8-10-19(28-3)11-9-18/h7-12,14,17H,4-6,13,15H2,1-3H3,(H,23,25). The van der Waals surface area contributed by atoms with E-state index in [1.165, 1.54) is 6.07 Å². The Labute approximate surface area is 172 Å². The van der Waals surface area contributed by atoms with Gasteiger partial charge >= 0.3 is 0 Å². The van der Waals surface area contributed by atoms with Crippen LogP contribution in [0.15, 0.2) is 47.4 Å². The summed E-state index contributed by atoms with van der Waals surface area (Å²) in [6.45, 7) is 4.62. The normalized spacial score (nSPS) is 17.7. The second-order valence-corrected chi connectivity index (χ2v) is 9.36. The number of nitrogens with zero attached hydrogens (tertiary/aromatic N) is 1. The highest BCUT2D eigenvalue weighted by Crippen LogP contribution is 2.26. The summed E-state index contributed by atoms with van der Waals surface area (Å²) in [6, 6.07) is 12.2. The van der Waals surface area contributed by atoms with E-state index in [9.17, 15) is 13.2 Å². The van der Waals surface area contributed by atoms with Crippen LogP contribution in [0, 0.1) is 6.92 Å². The topological polar surface area (TPSA) is 75.7 Å². The molecule has 1 amide bonds. The molecule has 0 spiro atoms. The fourth-order valence-corrected chi connectivity index (χ4v) is 5.32. The first-order valence-electron chi connectivity index (χ1n) is 9.86. The van der Waals surface area contributed by atoms with E-state index < -0.39 is 10.0 Å². The Morgan fingerprint density at radius 1 is 1.17 bits per heavy atom. The highest BCUT2D eigenvalue weighted by atomic mass is 32.2. The van der Waals surface area contributed by atoms with Crippen molar-refractivity contribution in [2.75, 3.05) is 13.7 Å². The van der Waals surface area contributed by atoms with Gasteiger partial charge in [-0.15, -0.1) is 0 Å². The highest BCUT2D eigenvalue weighted by molar-refractivity contribution is 7.89. The lowest BCUT2D eigenvalue weighted by atomic mass is 10.1. The number of carbonyl (C=O) groups excluding carboxylic acids is 1. The maximum absolute atomic E-state index is 13.1. The number of rotatable bonds is 6. The fraction of sp³-hybridized carbons (Fsp3) is 0.409. The second-order valence-electron chi connectivity index (χ2n) is 7.47. The van der Waals surface area contributed by atoms with E-state index in [0.29, 0.717) is 18.7 Å². The molecule has 1 atom stereocenters. The Bertz CT molecular complexity index is 971. The summed E-state index contributed by atoms with van der Waals surface area (Å²) < 4.78 is 32.9. The highest BCUT2D eigenvalue weighted by Gasteiger charge is 2.31. The Morgan fingerprint density at radius 3 is 2.55 bits per heavy atom. The van der Waals surface area contributed by atoms with Gasteiger partial charge in [0.05, 0.1) is 12.0 Å². The number of methoxy groups -OCH3 is 1. The van der Waals surface area contributed by atoms with Crippen molar-refractivity contribution < 1.29 is 17.9 Å². The van der Waals surface area contributed by atoms with Gasteiger partial charge in [-0.1, -0.05) is 24.6 Å². The molecule has 0 aromatic heterocycles. The van der Waals surface area contributed by atoms with Crippen LogP contribution in [-0.4, -0.2) is 38.3 Å². The number of amides is 1. The van der Waals surface area contributed by atoms with Crippen molar-refractivity contribution in [3.63, 3.8) is 0 Å². The van der Waals surface area contributed by atoms with Crippen molar-refractivity contribution in [1.82, 2.24) is 9.62 Å². The molecule has 0 radical (unpaired) electrons. The Hall–Kier alpha value is -2.38. The van der Waals surface area contributed by atoms with Gasteiger partial charge < -0.3 is 10.1 Å². The molecule has 29 heavy (non-hydrogen) atoms. The fourth-order valence-electron chi connectivity index (χ4n) is 3.59. The molecule has 6 nitrogen and oxygen atoms in total. The summed E-state index contributed by atoms with van der Waals surface area (Å²) in [6.07, 6.45) is 2.77. The third-order valence-electron chi connectivity index (χ3n) is 5.41. The van der Waals surface area contributed by atoms with Crippen LogP contribution in [0.3, 0.4) is 0 Å². The molecular formula is C22H28N2O4S. The van der Waals surface area contributed by atoms with E-state index in [4.69, 9.17) is 4.74 Å². The van der Waals surface area contributed by atoms with Gasteiger partial charge in [-0.2, -0.15) is 4.31 Å². The van der Waals surface area contributed by atoms with Crippen LogP contribution in [0.25, 0.3) is 0 Å². The quantitative estimate of drug-likeness (QED) is 0.782. The predicted octanol–water partition coefficient (Wildman–Crippen LogP) is 3.50. The van der Waals surface area contributed by atoms with Crippen molar-refractivity contribution in [2.45, 2.75) is 50.6 Å². The van der Waals surface area contributed by atoms with E-state index in [-0.39, 0.29) is 16.8 Å². The lowest BCUT2D eigenvalue weighted by Crippen LogP contribution is -2.42. The lowest BCUT2D eigenvalue weighted by molar-refractivity contribution is 0.0950. The molecule has 0 bridgehead atoms. The van der Waals surface area contributed by atoms with Gasteiger partial charge in [0.1, 0.15) is 5.75 Å². The molecule has 7 heteroatoms. The zero-order valence-corrected chi connectivity index (χ0v) is 18.0. The molecule has 3 rings (SSSR count). The number of benzene rings is 2. The van der Waals surface area contributed by atoms with E-state index in [1.54, 1.807) is 23.5 Å². The van der Waals surface area contributed by atoms with Crippen LogP contribution in [-0.2, 0) is 16.6 Å². The second kappa shape index (κ2) is 8.97. The number of sulfonamides is 1. The molecule has 0 saturated carbocycles. The first kappa shape index (κ1) is 21.3. The third-order valence-corrected chi connectivity index (χ3v) is 7.42. The van der Waals surface area contributed by atoms with Gasteiger partial charge in [0.2, 0.25) is 10.0 Å². The van der Waals surface area contributed by atoms with Gasteiger partial charge in [-0.25, -0.2) is 8.42 Å². The van der Waals surface area contributed by atoms with Crippen molar-refractivity contribution in [1.29, 1.82) is 0 Å². The Kier molecular flexibility index (Phi) is 6.59. The van der Waals surface area contributed by atoms with Gasteiger partial charge in [-0.05, 0) is 62.1 Å². The largest absolute Gasteiger partial charge is 0.497 e. The minimum atomic E-state index is -3.62. The number of carbonyl (C=O) groups is 1. The molecule has 1 saturated heterocycles. The number of aryl methyl sites for hydroxylation is 1. The maximum atomic E-state index is 13.1. The minimum absolute atomic E-state index is 0.0256. The number of hydrogen-bond acceptors (Lipinski definition) is 4. The molecule has 1 aliphatic heterocycles. The average molecular weight is 417 g/mol. The van der Waals surface area contributed by atoms with E-state index in [1.807, 2.05) is 38.1 Å². The van der Waals surface area contributed by atoms with Gasteiger partial charge in [-0.3, -0.25) is 4.79 Å². The minimum Gasteiger partial charge on any atom is -0.497 e. The predicted molar refractivity (Wildman–Crippen MR) is 113 cm³/mol. The van der Waals surface area contributed by atoms with Crippen LogP contribution in [0.2, 0.25) is 0 Å². The number of piperidine rings is 1. The Morgan fingerprint density at radius 2 is 1.90 bits per heavy atom.